The van der Waals surface area contributed by atoms with Gasteiger partial charge in [-0.25, -0.2) is 9.18 Å². The number of likely N-dealkylation sites (tertiary alicyclic amines) is 1. The molecule has 2 aromatic rings. The molecule has 0 radical (unpaired) electrons. The van der Waals surface area contributed by atoms with Gasteiger partial charge >= 0.3 is 6.09 Å². The number of anilines is 1. The van der Waals surface area contributed by atoms with Crippen LogP contribution in [0, 0.1) is 12.7 Å². The fourth-order valence-corrected chi connectivity index (χ4v) is 5.68. The minimum absolute atomic E-state index is 0.0226. The summed E-state index contributed by atoms with van der Waals surface area (Å²) in [5, 5.41) is 3.20. The number of benzene rings is 2. The predicted molar refractivity (Wildman–Crippen MR) is 149 cm³/mol. The normalized spacial score (nSPS) is 18.9. The number of rotatable bonds is 7. The fourth-order valence-electron chi connectivity index (χ4n) is 5.68. The van der Waals surface area contributed by atoms with Crippen molar-refractivity contribution >= 4 is 23.6 Å². The molecule has 0 bridgehead atoms. The van der Waals surface area contributed by atoms with Crippen LogP contribution >= 0.6 is 0 Å². The van der Waals surface area contributed by atoms with Crippen molar-refractivity contribution in [1.29, 1.82) is 0 Å². The van der Waals surface area contributed by atoms with E-state index in [0.717, 1.165) is 50.5 Å². The number of amides is 3. The molecular weight excluding hydrogens is 497 g/mol. The Morgan fingerprint density at radius 1 is 0.974 bits per heavy atom. The highest BCUT2D eigenvalue weighted by Crippen LogP contribution is 2.34. The van der Waals surface area contributed by atoms with Crippen molar-refractivity contribution in [1.82, 2.24) is 10.2 Å². The zero-order valence-electron chi connectivity index (χ0n) is 23.2. The minimum atomic E-state index is -1.03. The molecule has 210 valence electrons. The molecule has 2 aromatic carbocycles. The van der Waals surface area contributed by atoms with E-state index in [0.29, 0.717) is 18.5 Å². The highest BCUT2D eigenvalue weighted by molar-refractivity contribution is 6.04. The molecule has 1 N–H and O–H groups in total. The zero-order valence-corrected chi connectivity index (χ0v) is 23.2. The Morgan fingerprint density at radius 2 is 1.69 bits per heavy atom. The van der Waals surface area contributed by atoms with Crippen molar-refractivity contribution in [2.75, 3.05) is 11.4 Å². The monoisotopic (exact) mass is 537 g/mol. The Balaban J connectivity index is 1.79. The Hall–Kier alpha value is -3.42. The highest BCUT2D eigenvalue weighted by Gasteiger charge is 2.42. The summed E-state index contributed by atoms with van der Waals surface area (Å²) in [4.78, 5) is 44.5. The van der Waals surface area contributed by atoms with Gasteiger partial charge in [0.1, 0.15) is 17.9 Å². The van der Waals surface area contributed by atoms with Crippen molar-refractivity contribution in [3.05, 3.63) is 65.5 Å². The number of hydrogen-bond acceptors (Lipinski definition) is 4. The first-order valence-corrected chi connectivity index (χ1v) is 14.2. The number of aryl methyl sites for hydroxylation is 1. The van der Waals surface area contributed by atoms with Crippen LogP contribution in [0.4, 0.5) is 14.9 Å². The van der Waals surface area contributed by atoms with Crippen LogP contribution < -0.4 is 10.2 Å². The van der Waals surface area contributed by atoms with Gasteiger partial charge in [-0.15, -0.1) is 0 Å². The molecule has 1 saturated heterocycles. The van der Waals surface area contributed by atoms with Crippen LogP contribution in [0.2, 0.25) is 0 Å². The average molecular weight is 538 g/mol. The molecule has 0 spiro atoms. The standard InChI is InChI=1S/C31H40FN3O4/c1-21(2)39-31(38)34-19-10-9-18-27(34)30(37)35(25-16-11-13-23(32)20-25)28(26-17-8-7-12-22(26)3)29(36)33-24-14-5-4-6-15-24/h7-8,11-13,16-17,20-21,24,27-28H,4-6,9-10,14-15,18-19H2,1-3H3,(H,33,36)/t27-,28+/m1/s1. The van der Waals surface area contributed by atoms with Gasteiger partial charge in [0.15, 0.2) is 0 Å². The first-order chi connectivity index (χ1) is 18.8. The summed E-state index contributed by atoms with van der Waals surface area (Å²) in [6.45, 7) is 5.81. The average Bonchev–Trinajstić information content (AvgIpc) is 2.92. The smallest absolute Gasteiger partial charge is 0.410 e. The number of carbonyl (C=O) groups is 3. The zero-order chi connectivity index (χ0) is 27.9. The van der Waals surface area contributed by atoms with Gasteiger partial charge in [0.05, 0.1) is 6.10 Å². The lowest BCUT2D eigenvalue weighted by molar-refractivity contribution is -0.130. The molecular formula is C31H40FN3O4. The Morgan fingerprint density at radius 3 is 2.38 bits per heavy atom. The highest BCUT2D eigenvalue weighted by atomic mass is 19.1. The summed E-state index contributed by atoms with van der Waals surface area (Å²) < 4.78 is 20.0. The second-order valence-electron chi connectivity index (χ2n) is 10.9. The van der Waals surface area contributed by atoms with E-state index in [9.17, 15) is 18.8 Å². The van der Waals surface area contributed by atoms with Gasteiger partial charge < -0.3 is 10.1 Å². The van der Waals surface area contributed by atoms with Crippen LogP contribution in [0.15, 0.2) is 48.5 Å². The molecule has 0 aromatic heterocycles. The van der Waals surface area contributed by atoms with Gasteiger partial charge in [0.25, 0.3) is 5.91 Å². The van der Waals surface area contributed by atoms with Gasteiger partial charge in [-0.05, 0) is 82.2 Å². The maximum absolute atomic E-state index is 14.6. The maximum atomic E-state index is 14.6. The second-order valence-corrected chi connectivity index (χ2v) is 10.9. The largest absolute Gasteiger partial charge is 0.447 e. The first kappa shape index (κ1) is 28.6. The summed E-state index contributed by atoms with van der Waals surface area (Å²) in [6, 6.07) is 11.4. The predicted octanol–water partition coefficient (Wildman–Crippen LogP) is 6.06. The molecule has 39 heavy (non-hydrogen) atoms. The Kier molecular flexibility index (Phi) is 9.59. The number of carbonyl (C=O) groups excluding carboxylic acids is 3. The molecule has 1 aliphatic carbocycles. The topological polar surface area (TPSA) is 79.0 Å². The molecule has 2 aliphatic rings. The Labute approximate surface area is 230 Å². The van der Waals surface area contributed by atoms with Crippen LogP contribution in [0.25, 0.3) is 0 Å². The molecule has 8 heteroatoms. The lowest BCUT2D eigenvalue weighted by Crippen LogP contribution is -2.56. The van der Waals surface area contributed by atoms with Gasteiger partial charge in [-0.3, -0.25) is 19.4 Å². The third-order valence-electron chi connectivity index (χ3n) is 7.62. The van der Waals surface area contributed by atoms with Gasteiger partial charge in [0, 0.05) is 18.3 Å². The van der Waals surface area contributed by atoms with Crippen LogP contribution in [0.3, 0.4) is 0 Å². The molecule has 2 fully saturated rings. The van der Waals surface area contributed by atoms with Crippen molar-refractivity contribution < 1.29 is 23.5 Å². The van der Waals surface area contributed by atoms with Gasteiger partial charge in [-0.2, -0.15) is 0 Å². The van der Waals surface area contributed by atoms with Crippen LogP contribution in [0.5, 0.6) is 0 Å². The van der Waals surface area contributed by atoms with Crippen molar-refractivity contribution in [2.45, 2.75) is 96.4 Å². The number of nitrogens with one attached hydrogen (secondary N) is 1. The second kappa shape index (κ2) is 13.1. The summed E-state index contributed by atoms with van der Waals surface area (Å²) in [5.74, 6) is -1.24. The summed E-state index contributed by atoms with van der Waals surface area (Å²) in [7, 11) is 0. The van der Waals surface area contributed by atoms with Crippen LogP contribution in [-0.2, 0) is 14.3 Å². The van der Waals surface area contributed by atoms with Gasteiger partial charge in [-0.1, -0.05) is 49.6 Å². The number of ether oxygens (including phenoxy) is 1. The molecule has 2 atom stereocenters. The van der Waals surface area contributed by atoms with E-state index in [1.54, 1.807) is 19.9 Å². The SMILES string of the molecule is Cc1ccccc1[C@@H](C(=O)NC1CCCCC1)N(C(=O)[C@H]1CCCCN1C(=O)OC(C)C)c1cccc(F)c1. The van der Waals surface area contributed by atoms with Crippen LogP contribution in [-0.4, -0.2) is 47.5 Å². The molecule has 4 rings (SSSR count). The summed E-state index contributed by atoms with van der Waals surface area (Å²) in [6.07, 6.45) is 6.05. The third-order valence-corrected chi connectivity index (χ3v) is 7.62. The van der Waals surface area contributed by atoms with E-state index in [2.05, 4.69) is 5.32 Å². The molecule has 1 aliphatic heterocycles. The van der Waals surface area contributed by atoms with Crippen molar-refractivity contribution in [3.8, 4) is 0 Å². The first-order valence-electron chi connectivity index (χ1n) is 14.2. The van der Waals surface area contributed by atoms with E-state index >= 15 is 0 Å². The lowest BCUT2D eigenvalue weighted by Gasteiger charge is -2.40. The summed E-state index contributed by atoms with van der Waals surface area (Å²) in [5.41, 5.74) is 1.78. The molecule has 1 heterocycles. The van der Waals surface area contributed by atoms with Crippen molar-refractivity contribution in [3.63, 3.8) is 0 Å². The number of nitrogens with zero attached hydrogens (tertiary/aromatic N) is 2. The third kappa shape index (κ3) is 6.97. The maximum Gasteiger partial charge on any atom is 0.410 e. The van der Waals surface area contributed by atoms with E-state index in [4.69, 9.17) is 4.74 Å². The minimum Gasteiger partial charge on any atom is -0.447 e. The lowest BCUT2D eigenvalue weighted by atomic mass is 9.93. The number of piperidine rings is 1. The fraction of sp³-hybridized carbons (Fsp3) is 0.516. The summed E-state index contributed by atoms with van der Waals surface area (Å²) >= 11 is 0. The van der Waals surface area contributed by atoms with Crippen LogP contribution in [0.1, 0.15) is 82.4 Å². The van der Waals surface area contributed by atoms with E-state index in [-0.39, 0.29) is 23.7 Å². The molecule has 7 nitrogen and oxygen atoms in total. The van der Waals surface area contributed by atoms with Crippen molar-refractivity contribution in [2.24, 2.45) is 0 Å². The van der Waals surface area contributed by atoms with E-state index in [1.807, 2.05) is 31.2 Å². The number of hydrogen-bond donors (Lipinski definition) is 1. The molecule has 1 saturated carbocycles. The molecule has 3 amide bonds. The Bertz CT molecular complexity index is 1160. The van der Waals surface area contributed by atoms with Gasteiger partial charge in [0.2, 0.25) is 5.91 Å². The quantitative estimate of drug-likeness (QED) is 0.466. The van der Waals surface area contributed by atoms with E-state index < -0.39 is 29.9 Å². The number of halogens is 1. The van der Waals surface area contributed by atoms with E-state index in [1.165, 1.54) is 28.0 Å². The molecule has 0 unspecified atom stereocenters.